The van der Waals surface area contributed by atoms with Crippen molar-refractivity contribution in [2.24, 2.45) is 5.10 Å². The molecule has 1 aliphatic rings. The van der Waals surface area contributed by atoms with Gasteiger partial charge in [-0.2, -0.15) is 10.1 Å². The van der Waals surface area contributed by atoms with E-state index in [-0.39, 0.29) is 5.91 Å². The first kappa shape index (κ1) is 18.8. The Kier molecular flexibility index (Phi) is 5.02. The number of benzene rings is 2. The quantitative estimate of drug-likeness (QED) is 0.432. The highest BCUT2D eigenvalue weighted by Gasteiger charge is 2.29. The highest BCUT2D eigenvalue weighted by atomic mass is 35.5. The van der Waals surface area contributed by atoms with Crippen LogP contribution in [-0.4, -0.2) is 11.6 Å². The molecule has 140 valence electrons. The van der Waals surface area contributed by atoms with Crippen LogP contribution in [0.25, 0.3) is 17.4 Å². The average Bonchev–Trinajstić information content (AvgIpc) is 3.24. The molecule has 0 N–H and O–H groups in total. The van der Waals surface area contributed by atoms with Crippen LogP contribution < -0.4 is 5.01 Å². The van der Waals surface area contributed by atoms with Crippen molar-refractivity contribution in [3.05, 3.63) is 81.0 Å². The number of halogens is 3. The minimum absolute atomic E-state index is 0.267. The lowest BCUT2D eigenvalue weighted by atomic mass is 10.1. The SMILES string of the molecule is CC1=NN(c2ccc(Cl)c(Cl)c2)C(=O)/C1=C/c1ccc(-c2cccc(Cl)c2)o1. The summed E-state index contributed by atoms with van der Waals surface area (Å²) in [7, 11) is 0. The van der Waals surface area contributed by atoms with E-state index in [9.17, 15) is 4.79 Å². The molecule has 0 fully saturated rings. The Balaban J connectivity index is 1.63. The summed E-state index contributed by atoms with van der Waals surface area (Å²) in [5, 5.41) is 7.03. The van der Waals surface area contributed by atoms with E-state index in [1.807, 2.05) is 24.3 Å². The second-order valence-corrected chi connectivity index (χ2v) is 7.42. The van der Waals surface area contributed by atoms with E-state index in [2.05, 4.69) is 5.10 Å². The Hall–Kier alpha value is -2.53. The number of carbonyl (C=O) groups excluding carboxylic acids is 1. The third kappa shape index (κ3) is 3.59. The zero-order valence-electron chi connectivity index (χ0n) is 14.6. The molecule has 4 nitrogen and oxygen atoms in total. The van der Waals surface area contributed by atoms with E-state index < -0.39 is 0 Å². The van der Waals surface area contributed by atoms with Gasteiger partial charge in [0.25, 0.3) is 5.91 Å². The van der Waals surface area contributed by atoms with Crippen molar-refractivity contribution >= 4 is 58.2 Å². The van der Waals surface area contributed by atoms with Crippen LogP contribution in [0.3, 0.4) is 0 Å². The molecule has 7 heteroatoms. The number of carbonyl (C=O) groups is 1. The molecule has 4 rings (SSSR count). The highest BCUT2D eigenvalue weighted by Crippen LogP contribution is 2.31. The van der Waals surface area contributed by atoms with Crippen molar-refractivity contribution in [1.29, 1.82) is 0 Å². The monoisotopic (exact) mass is 430 g/mol. The standard InChI is InChI=1S/C21H13Cl3N2O2/c1-12-17(21(27)26(25-12)15-5-7-18(23)19(24)10-15)11-16-6-8-20(28-16)13-3-2-4-14(22)9-13/h2-11H,1H3/b17-11+. The van der Waals surface area contributed by atoms with Crippen molar-refractivity contribution in [3.63, 3.8) is 0 Å². The fourth-order valence-electron chi connectivity index (χ4n) is 2.85. The van der Waals surface area contributed by atoms with Crippen LogP contribution in [0.1, 0.15) is 12.7 Å². The van der Waals surface area contributed by atoms with Crippen LogP contribution in [0.2, 0.25) is 15.1 Å². The molecule has 1 aromatic heterocycles. The molecule has 0 bridgehead atoms. The lowest BCUT2D eigenvalue weighted by Crippen LogP contribution is -2.21. The largest absolute Gasteiger partial charge is 0.457 e. The minimum Gasteiger partial charge on any atom is -0.457 e. The van der Waals surface area contributed by atoms with Gasteiger partial charge in [-0.15, -0.1) is 0 Å². The summed E-state index contributed by atoms with van der Waals surface area (Å²) in [6.07, 6.45) is 1.67. The van der Waals surface area contributed by atoms with E-state index in [1.165, 1.54) is 5.01 Å². The maximum atomic E-state index is 12.8. The number of amides is 1. The van der Waals surface area contributed by atoms with Crippen LogP contribution in [0.5, 0.6) is 0 Å². The normalized spacial score (nSPS) is 15.4. The molecule has 2 aromatic carbocycles. The van der Waals surface area contributed by atoms with Crippen LogP contribution in [0.4, 0.5) is 5.69 Å². The van der Waals surface area contributed by atoms with Crippen molar-refractivity contribution in [2.75, 3.05) is 5.01 Å². The number of rotatable bonds is 3. The van der Waals surface area contributed by atoms with Gasteiger partial charge in [-0.3, -0.25) is 4.79 Å². The molecule has 0 atom stereocenters. The maximum Gasteiger partial charge on any atom is 0.280 e. The van der Waals surface area contributed by atoms with Gasteiger partial charge in [0.15, 0.2) is 0 Å². The van der Waals surface area contributed by atoms with E-state index in [0.29, 0.717) is 43.6 Å². The average molecular weight is 432 g/mol. The van der Waals surface area contributed by atoms with Gasteiger partial charge in [-0.05, 0) is 55.5 Å². The molecule has 0 radical (unpaired) electrons. The molecule has 1 aliphatic heterocycles. The number of hydrazone groups is 1. The summed E-state index contributed by atoms with van der Waals surface area (Å²) in [6.45, 7) is 1.77. The number of furan rings is 1. The van der Waals surface area contributed by atoms with Crippen LogP contribution in [0, 0.1) is 0 Å². The van der Waals surface area contributed by atoms with Gasteiger partial charge in [0.05, 0.1) is 27.0 Å². The van der Waals surface area contributed by atoms with Gasteiger partial charge in [0.2, 0.25) is 0 Å². The van der Waals surface area contributed by atoms with E-state index in [4.69, 9.17) is 39.2 Å². The summed E-state index contributed by atoms with van der Waals surface area (Å²) in [6, 6.07) is 15.9. The molecular weight excluding hydrogens is 419 g/mol. The number of anilines is 1. The van der Waals surface area contributed by atoms with Crippen LogP contribution in [0.15, 0.2) is 69.7 Å². The molecule has 0 aliphatic carbocycles. The Labute approximate surface area is 176 Å². The highest BCUT2D eigenvalue weighted by molar-refractivity contribution is 6.42. The fraction of sp³-hybridized carbons (Fsp3) is 0.0476. The third-order valence-electron chi connectivity index (χ3n) is 4.23. The summed E-state index contributed by atoms with van der Waals surface area (Å²) in [4.78, 5) is 12.8. The Morgan fingerprint density at radius 3 is 2.57 bits per heavy atom. The molecular formula is C21H13Cl3N2O2. The Morgan fingerprint density at radius 2 is 1.82 bits per heavy atom. The predicted molar refractivity (Wildman–Crippen MR) is 114 cm³/mol. The zero-order valence-corrected chi connectivity index (χ0v) is 16.9. The second-order valence-electron chi connectivity index (χ2n) is 6.17. The van der Waals surface area contributed by atoms with Gasteiger partial charge in [0.1, 0.15) is 11.5 Å². The van der Waals surface area contributed by atoms with Crippen molar-refractivity contribution < 1.29 is 9.21 Å². The van der Waals surface area contributed by atoms with E-state index >= 15 is 0 Å². The summed E-state index contributed by atoms with van der Waals surface area (Å²) >= 11 is 18.0. The molecule has 1 amide bonds. The lowest BCUT2D eigenvalue weighted by Gasteiger charge is -2.12. The first-order valence-corrected chi connectivity index (χ1v) is 9.48. The lowest BCUT2D eigenvalue weighted by molar-refractivity contribution is -0.114. The minimum atomic E-state index is -0.267. The maximum absolute atomic E-state index is 12.8. The van der Waals surface area contributed by atoms with Crippen molar-refractivity contribution in [1.82, 2.24) is 0 Å². The van der Waals surface area contributed by atoms with Crippen LogP contribution in [-0.2, 0) is 4.79 Å². The van der Waals surface area contributed by atoms with Gasteiger partial charge in [-0.1, -0.05) is 46.9 Å². The topological polar surface area (TPSA) is 45.8 Å². The smallest absolute Gasteiger partial charge is 0.280 e. The predicted octanol–water partition coefficient (Wildman–Crippen LogP) is 6.71. The molecule has 0 spiro atoms. The van der Waals surface area contributed by atoms with Gasteiger partial charge in [-0.25, -0.2) is 0 Å². The molecule has 2 heterocycles. The first-order valence-electron chi connectivity index (χ1n) is 8.35. The second kappa shape index (κ2) is 7.47. The van der Waals surface area contributed by atoms with Gasteiger partial charge < -0.3 is 4.42 Å². The van der Waals surface area contributed by atoms with Gasteiger partial charge >= 0.3 is 0 Å². The van der Waals surface area contributed by atoms with Crippen LogP contribution >= 0.6 is 34.8 Å². The fourth-order valence-corrected chi connectivity index (χ4v) is 3.33. The summed E-state index contributed by atoms with van der Waals surface area (Å²) in [5.74, 6) is 0.941. The number of hydrogen-bond acceptors (Lipinski definition) is 3. The Morgan fingerprint density at radius 1 is 1.00 bits per heavy atom. The molecule has 3 aromatic rings. The van der Waals surface area contributed by atoms with Gasteiger partial charge in [0, 0.05) is 10.6 Å². The zero-order chi connectivity index (χ0) is 19.8. The molecule has 28 heavy (non-hydrogen) atoms. The van der Waals surface area contributed by atoms with Crippen molar-refractivity contribution in [2.45, 2.75) is 6.92 Å². The van der Waals surface area contributed by atoms with E-state index in [0.717, 1.165) is 5.56 Å². The summed E-state index contributed by atoms with van der Waals surface area (Å²) in [5.41, 5.74) is 2.42. The molecule has 0 saturated carbocycles. The third-order valence-corrected chi connectivity index (χ3v) is 5.21. The summed E-state index contributed by atoms with van der Waals surface area (Å²) < 4.78 is 5.86. The Bertz CT molecular complexity index is 1150. The molecule has 0 unspecified atom stereocenters. The number of nitrogens with zero attached hydrogens (tertiary/aromatic N) is 2. The first-order chi connectivity index (χ1) is 13.4. The molecule has 0 saturated heterocycles. The van der Waals surface area contributed by atoms with E-state index in [1.54, 1.807) is 43.3 Å². The van der Waals surface area contributed by atoms with Crippen molar-refractivity contribution in [3.8, 4) is 11.3 Å². The number of hydrogen-bond donors (Lipinski definition) is 0.